The second-order valence-electron chi connectivity index (χ2n) is 6.27. The third-order valence-corrected chi connectivity index (χ3v) is 4.46. The molecule has 1 aromatic carbocycles. The molecule has 0 radical (unpaired) electrons. The van der Waals surface area contributed by atoms with E-state index in [0.717, 1.165) is 31.7 Å². The number of nitrogens with one attached hydrogen (secondary N) is 1. The first-order valence-corrected chi connectivity index (χ1v) is 8.84. The predicted molar refractivity (Wildman–Crippen MR) is 102 cm³/mol. The number of piperidine rings is 1. The van der Waals surface area contributed by atoms with Crippen LogP contribution in [0, 0.1) is 12.3 Å². The van der Waals surface area contributed by atoms with E-state index in [1.807, 2.05) is 24.3 Å². The molecule has 0 bridgehead atoms. The molecule has 0 atom stereocenters. The van der Waals surface area contributed by atoms with E-state index in [9.17, 15) is 4.79 Å². The van der Waals surface area contributed by atoms with Gasteiger partial charge in [0.25, 0.3) is 5.91 Å². The van der Waals surface area contributed by atoms with Crippen molar-refractivity contribution in [2.45, 2.75) is 25.6 Å². The molecule has 0 spiro atoms. The lowest BCUT2D eigenvalue weighted by Gasteiger charge is -2.32. The summed E-state index contributed by atoms with van der Waals surface area (Å²) in [6, 6.07) is 13.9. The maximum Gasteiger partial charge on any atom is 0.253 e. The minimum atomic E-state index is -0.199. The van der Waals surface area contributed by atoms with Crippen molar-refractivity contribution in [3.05, 3.63) is 59.8 Å². The van der Waals surface area contributed by atoms with Gasteiger partial charge in [-0.05, 0) is 30.5 Å². The Kier molecular flexibility index (Phi) is 6.24. The minimum Gasteiger partial charge on any atom is -0.373 e. The van der Waals surface area contributed by atoms with Crippen molar-refractivity contribution in [3.63, 3.8) is 0 Å². The van der Waals surface area contributed by atoms with Crippen LogP contribution in [0.5, 0.6) is 0 Å². The van der Waals surface area contributed by atoms with E-state index in [4.69, 9.17) is 11.2 Å². The zero-order valence-corrected chi connectivity index (χ0v) is 14.7. The zero-order chi connectivity index (χ0) is 18.2. The number of terminal acetylenes is 1. The highest BCUT2D eigenvalue weighted by Gasteiger charge is 2.21. The Balaban J connectivity index is 1.47. The molecule has 1 aromatic heterocycles. The Morgan fingerprint density at radius 3 is 2.65 bits per heavy atom. The Morgan fingerprint density at radius 2 is 2.00 bits per heavy atom. The fourth-order valence-electron chi connectivity index (χ4n) is 2.98. The molecular weight excluding hydrogens is 326 g/mol. The molecule has 1 fully saturated rings. The molecular formula is C21H23N3O2. The number of anilines is 1. The molecule has 2 heterocycles. The van der Waals surface area contributed by atoms with Crippen LogP contribution < -0.4 is 10.2 Å². The number of ether oxygens (including phenoxy) is 1. The topological polar surface area (TPSA) is 54.5 Å². The summed E-state index contributed by atoms with van der Waals surface area (Å²) in [6.07, 6.45) is 8.96. The van der Waals surface area contributed by atoms with Gasteiger partial charge in [0.15, 0.2) is 0 Å². The summed E-state index contributed by atoms with van der Waals surface area (Å²) >= 11 is 0. The van der Waals surface area contributed by atoms with Gasteiger partial charge in [-0.1, -0.05) is 36.3 Å². The number of nitrogens with zero attached hydrogens (tertiary/aromatic N) is 2. The standard InChI is InChI=1S/C21H23N3O2/c1-2-12-22-21(25)18-8-9-20(23-15-18)24-13-10-19(11-14-24)26-16-17-6-4-3-5-7-17/h1,3-9,15,19H,10-14,16H2,(H,22,25). The normalized spacial score (nSPS) is 14.7. The molecule has 1 aliphatic rings. The van der Waals surface area contributed by atoms with Crippen molar-refractivity contribution in [1.29, 1.82) is 0 Å². The summed E-state index contributed by atoms with van der Waals surface area (Å²) in [4.78, 5) is 18.5. The lowest BCUT2D eigenvalue weighted by molar-refractivity contribution is 0.0250. The Bertz CT molecular complexity index is 745. The summed E-state index contributed by atoms with van der Waals surface area (Å²) in [5, 5.41) is 2.64. The van der Waals surface area contributed by atoms with Crippen LogP contribution >= 0.6 is 0 Å². The van der Waals surface area contributed by atoms with Crippen LogP contribution in [0.4, 0.5) is 5.82 Å². The quantitative estimate of drug-likeness (QED) is 0.815. The molecule has 1 aliphatic heterocycles. The van der Waals surface area contributed by atoms with Crippen molar-refractivity contribution in [3.8, 4) is 12.3 Å². The summed E-state index contributed by atoms with van der Waals surface area (Å²) < 4.78 is 6.03. The highest BCUT2D eigenvalue weighted by atomic mass is 16.5. The SMILES string of the molecule is C#CCNC(=O)c1ccc(N2CCC(OCc3ccccc3)CC2)nc1. The number of benzene rings is 1. The molecule has 134 valence electrons. The third-order valence-electron chi connectivity index (χ3n) is 4.46. The van der Waals surface area contributed by atoms with Gasteiger partial charge in [0.05, 0.1) is 24.8 Å². The second kappa shape index (κ2) is 9.02. The van der Waals surface area contributed by atoms with E-state index >= 15 is 0 Å². The van der Waals surface area contributed by atoms with Gasteiger partial charge in [-0.3, -0.25) is 4.79 Å². The highest BCUT2D eigenvalue weighted by molar-refractivity contribution is 5.94. The van der Waals surface area contributed by atoms with Gasteiger partial charge >= 0.3 is 0 Å². The van der Waals surface area contributed by atoms with Gasteiger partial charge in [0.2, 0.25) is 0 Å². The van der Waals surface area contributed by atoms with Crippen molar-refractivity contribution >= 4 is 11.7 Å². The van der Waals surface area contributed by atoms with Crippen LogP contribution in [0.2, 0.25) is 0 Å². The van der Waals surface area contributed by atoms with Crippen LogP contribution in [0.25, 0.3) is 0 Å². The number of hydrogen-bond donors (Lipinski definition) is 1. The monoisotopic (exact) mass is 349 g/mol. The van der Waals surface area contributed by atoms with Crippen LogP contribution in [0.15, 0.2) is 48.7 Å². The fraction of sp³-hybridized carbons (Fsp3) is 0.333. The van der Waals surface area contributed by atoms with Gasteiger partial charge in [-0.2, -0.15) is 0 Å². The number of carbonyl (C=O) groups is 1. The Hall–Kier alpha value is -2.84. The molecule has 2 aromatic rings. The van der Waals surface area contributed by atoms with E-state index in [-0.39, 0.29) is 18.6 Å². The molecule has 3 rings (SSSR count). The first-order valence-electron chi connectivity index (χ1n) is 8.84. The van der Waals surface area contributed by atoms with Crippen LogP contribution in [0.1, 0.15) is 28.8 Å². The van der Waals surface area contributed by atoms with Gasteiger partial charge in [-0.15, -0.1) is 6.42 Å². The van der Waals surface area contributed by atoms with E-state index in [1.54, 1.807) is 12.3 Å². The number of aromatic nitrogens is 1. The van der Waals surface area contributed by atoms with Gasteiger partial charge in [-0.25, -0.2) is 4.98 Å². The zero-order valence-electron chi connectivity index (χ0n) is 14.7. The first-order chi connectivity index (χ1) is 12.8. The summed E-state index contributed by atoms with van der Waals surface area (Å²) in [6.45, 7) is 2.67. The first kappa shape index (κ1) is 18.0. The third kappa shape index (κ3) is 4.84. The minimum absolute atomic E-state index is 0.199. The Labute approximate surface area is 154 Å². The summed E-state index contributed by atoms with van der Waals surface area (Å²) in [7, 11) is 0. The Morgan fingerprint density at radius 1 is 1.23 bits per heavy atom. The lowest BCUT2D eigenvalue weighted by Crippen LogP contribution is -2.37. The molecule has 26 heavy (non-hydrogen) atoms. The second-order valence-corrected chi connectivity index (χ2v) is 6.27. The van der Waals surface area contributed by atoms with E-state index in [2.05, 4.69) is 33.3 Å². The summed E-state index contributed by atoms with van der Waals surface area (Å²) in [5.74, 6) is 3.07. The molecule has 0 unspecified atom stereocenters. The molecule has 0 saturated carbocycles. The average Bonchev–Trinajstić information content (AvgIpc) is 2.72. The van der Waals surface area contributed by atoms with Crippen molar-refractivity contribution < 1.29 is 9.53 Å². The van der Waals surface area contributed by atoms with Crippen molar-refractivity contribution in [1.82, 2.24) is 10.3 Å². The van der Waals surface area contributed by atoms with Crippen LogP contribution in [0.3, 0.4) is 0 Å². The molecule has 1 saturated heterocycles. The highest BCUT2D eigenvalue weighted by Crippen LogP contribution is 2.20. The predicted octanol–water partition coefficient (Wildman–Crippen LogP) is 2.63. The maximum atomic E-state index is 11.8. The number of hydrogen-bond acceptors (Lipinski definition) is 4. The average molecular weight is 349 g/mol. The van der Waals surface area contributed by atoms with E-state index in [0.29, 0.717) is 12.2 Å². The van der Waals surface area contributed by atoms with Gasteiger partial charge in [0.1, 0.15) is 5.82 Å². The smallest absolute Gasteiger partial charge is 0.253 e. The van der Waals surface area contributed by atoms with Crippen LogP contribution in [-0.2, 0) is 11.3 Å². The molecule has 5 nitrogen and oxygen atoms in total. The van der Waals surface area contributed by atoms with Crippen molar-refractivity contribution in [2.24, 2.45) is 0 Å². The number of pyridine rings is 1. The van der Waals surface area contributed by atoms with Gasteiger partial charge < -0.3 is 15.0 Å². The summed E-state index contributed by atoms with van der Waals surface area (Å²) in [5.41, 5.74) is 1.72. The fourth-order valence-corrected chi connectivity index (χ4v) is 2.98. The molecule has 1 amide bonds. The van der Waals surface area contributed by atoms with Crippen molar-refractivity contribution in [2.75, 3.05) is 24.5 Å². The molecule has 5 heteroatoms. The largest absolute Gasteiger partial charge is 0.373 e. The molecule has 0 aliphatic carbocycles. The van der Waals surface area contributed by atoms with E-state index < -0.39 is 0 Å². The number of rotatable bonds is 6. The van der Waals surface area contributed by atoms with E-state index in [1.165, 1.54) is 5.56 Å². The van der Waals surface area contributed by atoms with Gasteiger partial charge in [0, 0.05) is 19.3 Å². The van der Waals surface area contributed by atoms with Crippen LogP contribution in [-0.4, -0.2) is 36.6 Å². The maximum absolute atomic E-state index is 11.8. The number of amides is 1. The molecule has 1 N–H and O–H groups in total. The lowest BCUT2D eigenvalue weighted by atomic mass is 10.1. The number of carbonyl (C=O) groups excluding carboxylic acids is 1.